The fourth-order valence-corrected chi connectivity index (χ4v) is 4.59. The average molecular weight is 495 g/mol. The van der Waals surface area contributed by atoms with Gasteiger partial charge in [0.2, 0.25) is 5.91 Å². The van der Waals surface area contributed by atoms with E-state index in [2.05, 4.69) is 5.32 Å². The number of rotatable bonds is 9. The van der Waals surface area contributed by atoms with E-state index in [9.17, 15) is 14.0 Å². The number of amides is 2. The van der Waals surface area contributed by atoms with Gasteiger partial charge in [-0.3, -0.25) is 9.59 Å². The van der Waals surface area contributed by atoms with Crippen molar-refractivity contribution in [1.82, 2.24) is 10.2 Å². The Kier molecular flexibility index (Phi) is 9.39. The van der Waals surface area contributed by atoms with Crippen LogP contribution >= 0.6 is 23.2 Å². The number of hydrogen-bond donors (Lipinski definition) is 1. The van der Waals surface area contributed by atoms with Crippen molar-refractivity contribution in [3.05, 3.63) is 63.9 Å². The fraction of sp³-hybridized carbons (Fsp3) is 0.440. The lowest BCUT2D eigenvalue weighted by Gasteiger charge is -2.33. The topological polar surface area (TPSA) is 58.6 Å². The van der Waals surface area contributed by atoms with Crippen LogP contribution < -0.4 is 10.1 Å². The highest BCUT2D eigenvalue weighted by Gasteiger charge is 2.31. The van der Waals surface area contributed by atoms with E-state index in [1.807, 2.05) is 6.92 Å². The van der Waals surface area contributed by atoms with Gasteiger partial charge < -0.3 is 15.0 Å². The van der Waals surface area contributed by atoms with Crippen LogP contribution in [0.2, 0.25) is 10.0 Å². The van der Waals surface area contributed by atoms with E-state index >= 15 is 0 Å². The average Bonchev–Trinajstić information content (AvgIpc) is 2.81. The number of nitrogens with zero attached hydrogens (tertiary/aromatic N) is 1. The Morgan fingerprint density at radius 2 is 1.73 bits per heavy atom. The summed E-state index contributed by atoms with van der Waals surface area (Å²) in [6.45, 7) is 1.63. The van der Waals surface area contributed by atoms with Gasteiger partial charge in [0.05, 0.1) is 0 Å². The highest BCUT2D eigenvalue weighted by atomic mass is 35.5. The van der Waals surface area contributed by atoms with Gasteiger partial charge in [0.1, 0.15) is 17.6 Å². The summed E-state index contributed by atoms with van der Waals surface area (Å²) in [7, 11) is 0. The minimum atomic E-state index is -0.705. The van der Waals surface area contributed by atoms with Crippen molar-refractivity contribution in [1.29, 1.82) is 0 Å². The minimum Gasteiger partial charge on any atom is -0.484 e. The van der Waals surface area contributed by atoms with E-state index in [1.165, 1.54) is 35.6 Å². The van der Waals surface area contributed by atoms with E-state index in [4.69, 9.17) is 27.9 Å². The molecule has 0 unspecified atom stereocenters. The molecule has 33 heavy (non-hydrogen) atoms. The molecule has 2 amide bonds. The third kappa shape index (κ3) is 7.08. The number of carbonyl (C=O) groups is 2. The monoisotopic (exact) mass is 494 g/mol. The van der Waals surface area contributed by atoms with Crippen molar-refractivity contribution in [2.24, 2.45) is 0 Å². The summed E-state index contributed by atoms with van der Waals surface area (Å²) in [4.78, 5) is 27.9. The molecule has 2 aromatic carbocycles. The molecule has 2 aromatic rings. The molecule has 1 fully saturated rings. The summed E-state index contributed by atoms with van der Waals surface area (Å²) in [5.41, 5.74) is 0.569. The first-order valence-electron chi connectivity index (χ1n) is 11.3. The van der Waals surface area contributed by atoms with Crippen molar-refractivity contribution in [2.75, 3.05) is 6.61 Å². The first kappa shape index (κ1) is 25.3. The van der Waals surface area contributed by atoms with E-state index < -0.39 is 11.9 Å². The number of hydrogen-bond acceptors (Lipinski definition) is 3. The van der Waals surface area contributed by atoms with Gasteiger partial charge in [0.25, 0.3) is 5.91 Å². The predicted octanol–water partition coefficient (Wildman–Crippen LogP) is 5.77. The van der Waals surface area contributed by atoms with E-state index in [0.717, 1.165) is 25.7 Å². The van der Waals surface area contributed by atoms with Crippen molar-refractivity contribution >= 4 is 35.0 Å². The summed E-state index contributed by atoms with van der Waals surface area (Å²) in [6, 6.07) is 9.95. The second-order valence-corrected chi connectivity index (χ2v) is 9.05. The molecule has 0 heterocycles. The fourth-order valence-electron chi connectivity index (χ4n) is 4.08. The molecule has 1 N–H and O–H groups in total. The molecule has 1 saturated carbocycles. The Morgan fingerprint density at radius 1 is 1.09 bits per heavy atom. The molecule has 0 radical (unpaired) electrons. The molecule has 0 spiro atoms. The van der Waals surface area contributed by atoms with Gasteiger partial charge in [0, 0.05) is 28.2 Å². The summed E-state index contributed by atoms with van der Waals surface area (Å²) in [5, 5.41) is 3.96. The highest BCUT2D eigenvalue weighted by Crippen LogP contribution is 2.27. The van der Waals surface area contributed by atoms with Crippen molar-refractivity contribution in [2.45, 2.75) is 64.1 Å². The molecule has 8 heteroatoms. The summed E-state index contributed by atoms with van der Waals surface area (Å²) in [5.74, 6) is -0.613. The summed E-state index contributed by atoms with van der Waals surface area (Å²) < 4.78 is 18.7. The van der Waals surface area contributed by atoms with E-state index in [1.54, 1.807) is 18.2 Å². The third-order valence-corrected chi connectivity index (χ3v) is 6.61. The Morgan fingerprint density at radius 3 is 2.33 bits per heavy atom. The smallest absolute Gasteiger partial charge is 0.261 e. The molecule has 178 valence electrons. The number of benzene rings is 2. The van der Waals surface area contributed by atoms with Gasteiger partial charge in [-0.05, 0) is 55.7 Å². The van der Waals surface area contributed by atoms with Gasteiger partial charge in [0.15, 0.2) is 6.61 Å². The van der Waals surface area contributed by atoms with Crippen LogP contribution in [0.15, 0.2) is 42.5 Å². The Balaban J connectivity index is 1.79. The highest BCUT2D eigenvalue weighted by molar-refractivity contribution is 6.36. The minimum absolute atomic E-state index is 0.0701. The number of nitrogens with one attached hydrogen (secondary N) is 1. The van der Waals surface area contributed by atoms with Gasteiger partial charge in [-0.25, -0.2) is 4.39 Å². The lowest BCUT2D eigenvalue weighted by atomic mass is 9.95. The molecule has 0 aromatic heterocycles. The van der Waals surface area contributed by atoms with Crippen molar-refractivity contribution < 1.29 is 18.7 Å². The van der Waals surface area contributed by atoms with Crippen LogP contribution in [0.5, 0.6) is 5.75 Å². The zero-order chi connectivity index (χ0) is 23.8. The standard InChI is InChI=1S/C25H29Cl2FN2O3/c1-2-23(25(32)29-18-7-4-3-5-8-18)30(15-20-21(26)9-6-10-22(20)27)24(31)16-33-19-13-11-17(28)12-14-19/h6,9-14,18,23H,2-5,7-8,15-16H2,1H3,(H,29,32)/t23-/m1/s1. The molecule has 3 rings (SSSR count). The Labute approximate surface area is 204 Å². The quantitative estimate of drug-likeness (QED) is 0.481. The molecule has 5 nitrogen and oxygen atoms in total. The van der Waals surface area contributed by atoms with Crippen LogP contribution in [-0.4, -0.2) is 35.4 Å². The number of halogens is 3. The van der Waals surface area contributed by atoms with E-state index in [-0.39, 0.29) is 31.0 Å². The van der Waals surface area contributed by atoms with Crippen molar-refractivity contribution in [3.63, 3.8) is 0 Å². The maximum absolute atomic E-state index is 13.3. The maximum atomic E-state index is 13.3. The van der Waals surface area contributed by atoms with Gasteiger partial charge in [-0.2, -0.15) is 0 Å². The third-order valence-electron chi connectivity index (χ3n) is 5.90. The van der Waals surface area contributed by atoms with Crippen molar-refractivity contribution in [3.8, 4) is 5.75 Å². The molecule has 0 bridgehead atoms. The van der Waals surface area contributed by atoms with E-state index in [0.29, 0.717) is 27.8 Å². The first-order chi connectivity index (χ1) is 15.9. The SMILES string of the molecule is CC[C@H](C(=O)NC1CCCCC1)N(Cc1c(Cl)cccc1Cl)C(=O)COc1ccc(F)cc1. The second kappa shape index (κ2) is 12.2. The summed E-state index contributed by atoms with van der Waals surface area (Å²) in [6.07, 6.45) is 5.67. The Hall–Kier alpha value is -2.31. The number of ether oxygens (including phenoxy) is 1. The molecular formula is C25H29Cl2FN2O3. The van der Waals surface area contributed by atoms with Crippen LogP contribution in [0.3, 0.4) is 0 Å². The van der Waals surface area contributed by atoms with Gasteiger partial charge in [-0.1, -0.05) is 55.5 Å². The first-order valence-corrected chi connectivity index (χ1v) is 12.1. The predicted molar refractivity (Wildman–Crippen MR) is 128 cm³/mol. The number of carbonyl (C=O) groups excluding carboxylic acids is 2. The maximum Gasteiger partial charge on any atom is 0.261 e. The molecule has 1 aliphatic rings. The van der Waals surface area contributed by atoms with Gasteiger partial charge >= 0.3 is 0 Å². The molecule has 1 aliphatic carbocycles. The lowest BCUT2D eigenvalue weighted by Crippen LogP contribution is -2.52. The summed E-state index contributed by atoms with van der Waals surface area (Å²) >= 11 is 12.7. The van der Waals surface area contributed by atoms with Crippen LogP contribution in [0.4, 0.5) is 4.39 Å². The lowest BCUT2D eigenvalue weighted by molar-refractivity contribution is -0.143. The molecule has 1 atom stereocenters. The van der Waals surface area contributed by atoms with Crippen LogP contribution in [0.25, 0.3) is 0 Å². The zero-order valence-corrected chi connectivity index (χ0v) is 20.2. The molecule has 0 saturated heterocycles. The van der Waals surface area contributed by atoms with Crippen LogP contribution in [-0.2, 0) is 16.1 Å². The van der Waals surface area contributed by atoms with Crippen LogP contribution in [0, 0.1) is 5.82 Å². The van der Waals surface area contributed by atoms with Gasteiger partial charge in [-0.15, -0.1) is 0 Å². The normalized spacial score (nSPS) is 15.0. The second-order valence-electron chi connectivity index (χ2n) is 8.23. The largest absolute Gasteiger partial charge is 0.484 e. The zero-order valence-electron chi connectivity index (χ0n) is 18.7. The Bertz CT molecular complexity index is 929. The van der Waals surface area contributed by atoms with Crippen LogP contribution in [0.1, 0.15) is 51.0 Å². The molecular weight excluding hydrogens is 466 g/mol. The molecule has 0 aliphatic heterocycles.